The van der Waals surface area contributed by atoms with E-state index in [1.807, 2.05) is 0 Å². The van der Waals surface area contributed by atoms with Crippen molar-refractivity contribution < 1.29 is 33.7 Å². The Bertz CT molecular complexity index is 735. The number of aliphatic hydroxyl groups is 3. The molecule has 25 heavy (non-hydrogen) atoms. The Kier molecular flexibility index (Phi) is 4.37. The number of halogens is 1. The molecule has 4 N–H and O–H groups in total. The smallest absolute Gasteiger partial charge is 0.325 e. The molecular formula is C13H14FN5O6. The number of urea groups is 1. The van der Waals surface area contributed by atoms with Crippen LogP contribution in [0.5, 0.6) is 0 Å². The van der Waals surface area contributed by atoms with E-state index in [1.54, 1.807) is 6.07 Å². The molecule has 0 saturated carbocycles. The number of alkyl halides is 1. The van der Waals surface area contributed by atoms with Gasteiger partial charge in [0.1, 0.15) is 11.9 Å². The summed E-state index contributed by atoms with van der Waals surface area (Å²) in [6.45, 7) is -0.998. The summed E-state index contributed by atoms with van der Waals surface area (Å²) in [5.74, 6) is 0.218. The van der Waals surface area contributed by atoms with E-state index in [-0.39, 0.29) is 11.3 Å². The molecule has 0 aromatic carbocycles. The molecule has 2 aliphatic heterocycles. The van der Waals surface area contributed by atoms with Crippen molar-refractivity contribution in [2.45, 2.75) is 30.5 Å². The van der Waals surface area contributed by atoms with Crippen LogP contribution in [0, 0.1) is 0 Å². The van der Waals surface area contributed by atoms with E-state index in [2.05, 4.69) is 15.3 Å². The van der Waals surface area contributed by atoms with Gasteiger partial charge >= 0.3 is 6.03 Å². The fourth-order valence-corrected chi connectivity index (χ4v) is 2.66. The fraction of sp³-hybridized carbons (Fsp3) is 0.462. The summed E-state index contributed by atoms with van der Waals surface area (Å²) < 4.78 is 24.8. The molecule has 12 heteroatoms. The number of nitrogens with zero attached hydrogens (tertiary/aromatic N) is 4. The lowest BCUT2D eigenvalue weighted by atomic mass is 10.1. The number of azide groups is 1. The van der Waals surface area contributed by atoms with Crippen LogP contribution in [-0.4, -0.2) is 63.3 Å². The van der Waals surface area contributed by atoms with Gasteiger partial charge in [0, 0.05) is 11.1 Å². The van der Waals surface area contributed by atoms with Gasteiger partial charge in [0.2, 0.25) is 5.72 Å². The Labute approximate surface area is 139 Å². The van der Waals surface area contributed by atoms with Gasteiger partial charge in [0.15, 0.2) is 18.6 Å². The highest BCUT2D eigenvalue weighted by Gasteiger charge is 2.58. The highest BCUT2D eigenvalue weighted by molar-refractivity contribution is 5.84. The molecule has 0 aliphatic carbocycles. The molecule has 3 heterocycles. The van der Waals surface area contributed by atoms with E-state index in [0.717, 1.165) is 11.1 Å². The second kappa shape index (κ2) is 6.35. The largest absolute Gasteiger partial charge is 0.464 e. The average molecular weight is 355 g/mol. The van der Waals surface area contributed by atoms with Crippen LogP contribution in [-0.2, 0) is 4.74 Å². The summed E-state index contributed by atoms with van der Waals surface area (Å²) in [6.07, 6.45) is -4.86. The second-order valence-electron chi connectivity index (χ2n) is 5.41. The van der Waals surface area contributed by atoms with E-state index < -0.39 is 43.1 Å². The van der Waals surface area contributed by atoms with Crippen LogP contribution >= 0.6 is 0 Å². The predicted octanol–water partition coefficient (Wildman–Crippen LogP) is 0.0183. The van der Waals surface area contributed by atoms with Crippen LogP contribution < -0.4 is 5.32 Å². The number of carbonyl (C=O) groups is 1. The van der Waals surface area contributed by atoms with Crippen molar-refractivity contribution in [1.29, 1.82) is 0 Å². The molecule has 5 atom stereocenters. The number of rotatable bonds is 4. The van der Waals surface area contributed by atoms with E-state index in [1.165, 1.54) is 12.3 Å². The first kappa shape index (κ1) is 17.2. The van der Waals surface area contributed by atoms with Crippen LogP contribution in [0.15, 0.2) is 34.1 Å². The molecule has 1 saturated heterocycles. The zero-order valence-corrected chi connectivity index (χ0v) is 12.6. The second-order valence-corrected chi connectivity index (χ2v) is 5.41. The van der Waals surface area contributed by atoms with Crippen LogP contribution in [0.1, 0.15) is 5.76 Å². The van der Waals surface area contributed by atoms with Crippen molar-refractivity contribution in [1.82, 2.24) is 10.2 Å². The number of nitrogens with one attached hydrogen (secondary N) is 1. The van der Waals surface area contributed by atoms with Crippen LogP contribution in [0.25, 0.3) is 16.0 Å². The molecule has 134 valence electrons. The number of hydrogen-bond acceptors (Lipinski definition) is 7. The molecule has 1 unspecified atom stereocenters. The van der Waals surface area contributed by atoms with E-state index in [9.17, 15) is 24.5 Å². The van der Waals surface area contributed by atoms with Gasteiger partial charge in [0.25, 0.3) is 0 Å². The zero-order valence-electron chi connectivity index (χ0n) is 12.6. The SMILES string of the molecule is [N-]=[N+]=N[C@]1(CO)O[C@@H](N2C=C(c3ccco3)C(O)NC2=O)[C@@H](F)[C@@H]1O. The van der Waals surface area contributed by atoms with Gasteiger partial charge in [-0.05, 0) is 17.7 Å². The third kappa shape index (κ3) is 2.71. The molecule has 1 fully saturated rings. The molecule has 0 spiro atoms. The minimum absolute atomic E-state index is 0.111. The van der Waals surface area contributed by atoms with Gasteiger partial charge in [-0.15, -0.1) is 0 Å². The molecule has 11 nitrogen and oxygen atoms in total. The summed E-state index contributed by atoms with van der Waals surface area (Å²) in [5.41, 5.74) is 6.40. The van der Waals surface area contributed by atoms with Gasteiger partial charge in [-0.2, -0.15) is 0 Å². The Morgan fingerprint density at radius 3 is 2.88 bits per heavy atom. The van der Waals surface area contributed by atoms with Gasteiger partial charge in [-0.1, -0.05) is 5.11 Å². The van der Waals surface area contributed by atoms with Crippen molar-refractivity contribution in [3.63, 3.8) is 0 Å². The number of amides is 2. The highest BCUT2D eigenvalue weighted by atomic mass is 19.1. The summed E-state index contributed by atoms with van der Waals surface area (Å²) in [4.78, 5) is 15.3. The fourth-order valence-electron chi connectivity index (χ4n) is 2.66. The number of hydrogen-bond donors (Lipinski definition) is 4. The Hall–Kier alpha value is -2.63. The number of furan rings is 1. The molecule has 1 aromatic rings. The Balaban J connectivity index is 1.97. The third-order valence-corrected chi connectivity index (χ3v) is 3.95. The maximum Gasteiger partial charge on any atom is 0.325 e. The van der Waals surface area contributed by atoms with E-state index in [4.69, 9.17) is 14.7 Å². The maximum absolute atomic E-state index is 14.5. The quantitative estimate of drug-likeness (QED) is 0.338. The van der Waals surface area contributed by atoms with Crippen LogP contribution in [0.3, 0.4) is 0 Å². The molecule has 0 radical (unpaired) electrons. The molecular weight excluding hydrogens is 341 g/mol. The van der Waals surface area contributed by atoms with Gasteiger partial charge < -0.3 is 29.8 Å². The molecule has 2 aliphatic rings. The predicted molar refractivity (Wildman–Crippen MR) is 77.8 cm³/mol. The number of ether oxygens (including phenoxy) is 1. The Morgan fingerprint density at radius 1 is 1.52 bits per heavy atom. The summed E-state index contributed by atoms with van der Waals surface area (Å²) in [6, 6.07) is 2.15. The number of aliphatic hydroxyl groups excluding tert-OH is 3. The van der Waals surface area contributed by atoms with Crippen molar-refractivity contribution in [3.05, 3.63) is 40.8 Å². The van der Waals surface area contributed by atoms with Crippen molar-refractivity contribution >= 4 is 11.6 Å². The third-order valence-electron chi connectivity index (χ3n) is 3.95. The lowest BCUT2D eigenvalue weighted by Gasteiger charge is -2.33. The standard InChI is InChI=1S/C13H14FN5O6/c14-8-9(21)13(5-20,17-18-15)25-11(8)19-4-6(7-2-1-3-24-7)10(22)16-12(19)23/h1-4,8-11,20-22H,5H2,(H,16,23)/t8-,9-,10?,11+,13+/m0/s1. The summed E-state index contributed by atoms with van der Waals surface area (Å²) in [7, 11) is 0. The highest BCUT2D eigenvalue weighted by Crippen LogP contribution is 2.37. The van der Waals surface area contributed by atoms with Crippen molar-refractivity contribution in [2.24, 2.45) is 5.11 Å². The average Bonchev–Trinajstić information content (AvgIpc) is 3.19. The molecule has 0 bridgehead atoms. The normalized spacial score (nSPS) is 35.1. The van der Waals surface area contributed by atoms with Crippen LogP contribution in [0.2, 0.25) is 0 Å². The van der Waals surface area contributed by atoms with Gasteiger partial charge in [-0.3, -0.25) is 4.90 Å². The minimum atomic E-state index is -2.27. The first-order chi connectivity index (χ1) is 11.9. The molecule has 3 rings (SSSR count). The lowest BCUT2D eigenvalue weighted by molar-refractivity contribution is -0.128. The maximum atomic E-state index is 14.5. The summed E-state index contributed by atoms with van der Waals surface area (Å²) in [5, 5.41) is 34.6. The summed E-state index contributed by atoms with van der Waals surface area (Å²) >= 11 is 0. The van der Waals surface area contributed by atoms with Crippen molar-refractivity contribution in [2.75, 3.05) is 6.61 Å². The lowest BCUT2D eigenvalue weighted by Crippen LogP contribution is -2.53. The Morgan fingerprint density at radius 2 is 2.28 bits per heavy atom. The van der Waals surface area contributed by atoms with Gasteiger partial charge in [-0.25, -0.2) is 9.18 Å². The topological polar surface area (TPSA) is 164 Å². The van der Waals surface area contributed by atoms with Crippen molar-refractivity contribution in [3.8, 4) is 0 Å². The zero-order chi connectivity index (χ0) is 18.2. The molecule has 1 aromatic heterocycles. The van der Waals surface area contributed by atoms with Gasteiger partial charge in [0.05, 0.1) is 18.4 Å². The monoisotopic (exact) mass is 355 g/mol. The first-order valence-corrected chi connectivity index (χ1v) is 7.13. The van der Waals surface area contributed by atoms with E-state index >= 15 is 0 Å². The number of carbonyl (C=O) groups excluding carboxylic acids is 1. The minimum Gasteiger partial charge on any atom is -0.464 e. The molecule has 2 amide bonds. The van der Waals surface area contributed by atoms with Crippen LogP contribution in [0.4, 0.5) is 9.18 Å². The van der Waals surface area contributed by atoms with E-state index in [0.29, 0.717) is 0 Å². The first-order valence-electron chi connectivity index (χ1n) is 7.13.